The molecule has 0 aliphatic carbocycles. The maximum Gasteiger partial charge on any atom is 0.248 e. The van der Waals surface area contributed by atoms with Crippen molar-refractivity contribution in [3.05, 3.63) is 71.9 Å². The van der Waals surface area contributed by atoms with E-state index in [1.807, 2.05) is 42.1 Å². The summed E-state index contributed by atoms with van der Waals surface area (Å²) in [4.78, 5) is 20.2. The zero-order chi connectivity index (χ0) is 17.8. The number of nitrogens with zero attached hydrogens (tertiary/aromatic N) is 3. The van der Waals surface area contributed by atoms with E-state index in [1.165, 1.54) is 0 Å². The van der Waals surface area contributed by atoms with E-state index in [-0.39, 0.29) is 6.04 Å². The van der Waals surface area contributed by atoms with E-state index >= 15 is 0 Å². The Balaban J connectivity index is 2.05. The van der Waals surface area contributed by atoms with Gasteiger partial charge in [0.15, 0.2) is 0 Å². The van der Waals surface area contributed by atoms with Gasteiger partial charge in [0, 0.05) is 36.8 Å². The SMILES string of the molecule is COc1ccccc1[C@@H](Nc1cc(C(N)=O)ccn1)c1nccn1C. The van der Waals surface area contributed by atoms with E-state index in [1.54, 1.807) is 31.6 Å². The van der Waals surface area contributed by atoms with Gasteiger partial charge in [-0.05, 0) is 18.2 Å². The molecule has 25 heavy (non-hydrogen) atoms. The minimum absolute atomic E-state index is 0.313. The van der Waals surface area contributed by atoms with Gasteiger partial charge in [-0.25, -0.2) is 9.97 Å². The lowest BCUT2D eigenvalue weighted by Gasteiger charge is -2.21. The van der Waals surface area contributed by atoms with Crippen LogP contribution in [0.3, 0.4) is 0 Å². The molecule has 0 fully saturated rings. The Morgan fingerprint density at radius 1 is 1.24 bits per heavy atom. The number of nitrogens with one attached hydrogen (secondary N) is 1. The van der Waals surface area contributed by atoms with E-state index in [0.717, 1.165) is 17.1 Å². The molecule has 7 nitrogen and oxygen atoms in total. The lowest BCUT2D eigenvalue weighted by molar-refractivity contribution is 0.1000. The molecule has 3 rings (SSSR count). The fourth-order valence-corrected chi connectivity index (χ4v) is 2.65. The van der Waals surface area contributed by atoms with E-state index in [4.69, 9.17) is 10.5 Å². The van der Waals surface area contributed by atoms with Crippen molar-refractivity contribution in [2.24, 2.45) is 12.8 Å². The number of methoxy groups -OCH3 is 1. The Hall–Kier alpha value is -3.35. The predicted molar refractivity (Wildman–Crippen MR) is 94.4 cm³/mol. The van der Waals surface area contributed by atoms with Crippen molar-refractivity contribution in [3.63, 3.8) is 0 Å². The van der Waals surface area contributed by atoms with Crippen molar-refractivity contribution in [2.75, 3.05) is 12.4 Å². The number of aryl methyl sites for hydroxylation is 1. The highest BCUT2D eigenvalue weighted by atomic mass is 16.5. The number of nitrogens with two attached hydrogens (primary N) is 1. The van der Waals surface area contributed by atoms with Gasteiger partial charge in [0.2, 0.25) is 5.91 Å². The number of rotatable bonds is 6. The first kappa shape index (κ1) is 16.5. The Kier molecular flexibility index (Phi) is 4.65. The lowest BCUT2D eigenvalue weighted by atomic mass is 10.0. The molecule has 1 aromatic carbocycles. The third-order valence-electron chi connectivity index (χ3n) is 3.90. The fraction of sp³-hybridized carbons (Fsp3) is 0.167. The predicted octanol–water partition coefficient (Wildman–Crippen LogP) is 2.12. The molecule has 0 bridgehead atoms. The highest BCUT2D eigenvalue weighted by Crippen LogP contribution is 2.31. The average molecular weight is 337 g/mol. The van der Waals surface area contributed by atoms with Gasteiger partial charge < -0.3 is 20.4 Å². The topological polar surface area (TPSA) is 95.1 Å². The highest BCUT2D eigenvalue weighted by Gasteiger charge is 2.22. The van der Waals surface area contributed by atoms with Gasteiger partial charge in [0.25, 0.3) is 0 Å². The molecule has 0 radical (unpaired) electrons. The van der Waals surface area contributed by atoms with Crippen LogP contribution in [-0.2, 0) is 7.05 Å². The second-order valence-electron chi connectivity index (χ2n) is 5.51. The van der Waals surface area contributed by atoms with E-state index in [0.29, 0.717) is 11.4 Å². The summed E-state index contributed by atoms with van der Waals surface area (Å²) >= 11 is 0. The number of carbonyl (C=O) groups excluding carboxylic acids is 1. The first-order valence-corrected chi connectivity index (χ1v) is 7.72. The fourth-order valence-electron chi connectivity index (χ4n) is 2.65. The van der Waals surface area contributed by atoms with Crippen molar-refractivity contribution in [3.8, 4) is 5.75 Å². The van der Waals surface area contributed by atoms with Gasteiger partial charge in [0.05, 0.1) is 7.11 Å². The maximum atomic E-state index is 11.4. The Bertz CT molecular complexity index is 890. The van der Waals surface area contributed by atoms with Gasteiger partial charge in [-0.1, -0.05) is 18.2 Å². The summed E-state index contributed by atoms with van der Waals surface area (Å²) in [6, 6.07) is 10.6. The van der Waals surface area contributed by atoms with Crippen LogP contribution in [0.1, 0.15) is 27.8 Å². The molecule has 0 spiro atoms. The molecule has 0 unspecified atom stereocenters. The molecule has 0 saturated heterocycles. The van der Waals surface area contributed by atoms with Gasteiger partial charge in [-0.15, -0.1) is 0 Å². The molecule has 3 N–H and O–H groups in total. The highest BCUT2D eigenvalue weighted by molar-refractivity contribution is 5.93. The van der Waals surface area contributed by atoms with Gasteiger partial charge in [-0.3, -0.25) is 4.79 Å². The van der Waals surface area contributed by atoms with Gasteiger partial charge >= 0.3 is 0 Å². The Morgan fingerprint density at radius 2 is 2.04 bits per heavy atom. The van der Waals surface area contributed by atoms with Crippen LogP contribution in [0.4, 0.5) is 5.82 Å². The summed E-state index contributed by atoms with van der Waals surface area (Å²) in [6.45, 7) is 0. The van der Waals surface area contributed by atoms with Crippen LogP contribution < -0.4 is 15.8 Å². The quantitative estimate of drug-likeness (QED) is 0.718. The summed E-state index contributed by atoms with van der Waals surface area (Å²) in [5.41, 5.74) is 6.65. The summed E-state index contributed by atoms with van der Waals surface area (Å²) in [5, 5.41) is 3.33. The molecular formula is C18H19N5O2. The number of pyridine rings is 1. The normalized spacial score (nSPS) is 11.8. The monoisotopic (exact) mass is 337 g/mol. The lowest BCUT2D eigenvalue weighted by Crippen LogP contribution is -2.19. The van der Waals surface area contributed by atoms with E-state index in [2.05, 4.69) is 15.3 Å². The molecule has 2 heterocycles. The van der Waals surface area contributed by atoms with Crippen LogP contribution in [-0.4, -0.2) is 27.6 Å². The average Bonchev–Trinajstić information content (AvgIpc) is 3.05. The Labute approximate surface area is 145 Å². The zero-order valence-electron chi connectivity index (χ0n) is 14.0. The van der Waals surface area contributed by atoms with Crippen LogP contribution in [0.25, 0.3) is 0 Å². The van der Waals surface area contributed by atoms with Crippen LogP contribution in [0.5, 0.6) is 5.75 Å². The first-order chi connectivity index (χ1) is 12.1. The van der Waals surface area contributed by atoms with Crippen molar-refractivity contribution in [1.82, 2.24) is 14.5 Å². The molecule has 1 amide bonds. The van der Waals surface area contributed by atoms with Crippen molar-refractivity contribution < 1.29 is 9.53 Å². The summed E-state index contributed by atoms with van der Waals surface area (Å²) in [5.74, 6) is 1.54. The number of hydrogen-bond acceptors (Lipinski definition) is 5. The minimum Gasteiger partial charge on any atom is -0.496 e. The molecule has 0 saturated carbocycles. The van der Waals surface area contributed by atoms with Crippen molar-refractivity contribution in [1.29, 1.82) is 0 Å². The Morgan fingerprint density at radius 3 is 2.72 bits per heavy atom. The standard InChI is InChI=1S/C18H19N5O2/c1-23-10-9-21-18(23)16(13-5-3-4-6-14(13)25-2)22-15-11-12(17(19)24)7-8-20-15/h3-11,16H,1-2H3,(H2,19,24)(H,20,22)/t16-/m1/s1. The van der Waals surface area contributed by atoms with E-state index < -0.39 is 5.91 Å². The number of para-hydroxylation sites is 1. The summed E-state index contributed by atoms with van der Waals surface area (Å²) < 4.78 is 7.41. The third-order valence-corrected chi connectivity index (χ3v) is 3.90. The minimum atomic E-state index is -0.503. The molecule has 2 aromatic heterocycles. The molecule has 3 aromatic rings. The zero-order valence-corrected chi connectivity index (χ0v) is 14.0. The molecular weight excluding hydrogens is 318 g/mol. The third kappa shape index (κ3) is 3.45. The number of amides is 1. The van der Waals surface area contributed by atoms with Crippen LogP contribution in [0.15, 0.2) is 55.0 Å². The smallest absolute Gasteiger partial charge is 0.248 e. The number of benzene rings is 1. The van der Waals surface area contributed by atoms with E-state index in [9.17, 15) is 4.79 Å². The number of carbonyl (C=O) groups is 1. The van der Waals surface area contributed by atoms with Crippen molar-refractivity contribution in [2.45, 2.75) is 6.04 Å². The number of ether oxygens (including phenoxy) is 1. The number of imidazole rings is 1. The van der Waals surface area contributed by atoms with Gasteiger partial charge in [0.1, 0.15) is 23.4 Å². The van der Waals surface area contributed by atoms with Crippen LogP contribution in [0.2, 0.25) is 0 Å². The maximum absolute atomic E-state index is 11.4. The number of aromatic nitrogens is 3. The van der Waals surface area contributed by atoms with Crippen molar-refractivity contribution >= 4 is 11.7 Å². The van der Waals surface area contributed by atoms with Gasteiger partial charge in [-0.2, -0.15) is 0 Å². The number of hydrogen-bond donors (Lipinski definition) is 2. The molecule has 7 heteroatoms. The number of primary amides is 1. The molecule has 128 valence electrons. The second kappa shape index (κ2) is 7.04. The molecule has 1 atom stereocenters. The molecule has 0 aliphatic heterocycles. The van der Waals surface area contributed by atoms with Crippen LogP contribution >= 0.6 is 0 Å². The first-order valence-electron chi connectivity index (χ1n) is 7.72. The second-order valence-corrected chi connectivity index (χ2v) is 5.51. The largest absolute Gasteiger partial charge is 0.496 e. The summed E-state index contributed by atoms with van der Waals surface area (Å²) in [6.07, 6.45) is 5.14. The number of anilines is 1. The summed E-state index contributed by atoms with van der Waals surface area (Å²) in [7, 11) is 3.54. The molecule has 0 aliphatic rings. The van der Waals surface area contributed by atoms with Crippen LogP contribution in [0, 0.1) is 0 Å².